The number of hydrogen-bond donors (Lipinski definition) is 1. The topological polar surface area (TPSA) is 50.2 Å². The van der Waals surface area contributed by atoms with E-state index >= 15 is 0 Å². The second-order valence-corrected chi connectivity index (χ2v) is 4.97. The number of aromatic nitrogens is 1. The zero-order valence-electron chi connectivity index (χ0n) is 11.9. The molecule has 3 aromatic rings. The molecule has 1 heterocycles. The first kappa shape index (κ1) is 16.0. The van der Waals surface area contributed by atoms with Crippen LogP contribution in [-0.4, -0.2) is 16.1 Å². The van der Waals surface area contributed by atoms with Gasteiger partial charge in [-0.1, -0.05) is 48.5 Å². The lowest BCUT2D eigenvalue weighted by Crippen LogP contribution is -2.03. The van der Waals surface area contributed by atoms with E-state index in [9.17, 15) is 9.90 Å². The summed E-state index contributed by atoms with van der Waals surface area (Å²) in [5, 5.41) is 10.2. The monoisotopic (exact) mass is 313 g/mol. The van der Waals surface area contributed by atoms with E-state index in [2.05, 4.69) is 17.1 Å². The van der Waals surface area contributed by atoms with Gasteiger partial charge in [-0.3, -0.25) is 0 Å². The molecule has 2 aromatic carbocycles. The summed E-state index contributed by atoms with van der Waals surface area (Å²) in [7, 11) is 0. The standard InChI is InChI=1S/C18H15NO2.ClH/c20-18(21)17-12-14(11-10-13-6-2-1-3-7-13)15-8-4-5-9-16(15)19-17;/h1-9,12H,10-11H2,(H,20,21);1H. The first-order valence-corrected chi connectivity index (χ1v) is 6.90. The lowest BCUT2D eigenvalue weighted by Gasteiger charge is -2.08. The molecular formula is C18H16ClNO2. The van der Waals surface area contributed by atoms with Crippen LogP contribution in [0, 0.1) is 0 Å². The minimum Gasteiger partial charge on any atom is -0.477 e. The fourth-order valence-electron chi connectivity index (χ4n) is 2.49. The van der Waals surface area contributed by atoms with Gasteiger partial charge in [-0.15, -0.1) is 12.4 Å². The number of aryl methyl sites for hydroxylation is 2. The molecule has 3 rings (SSSR count). The molecule has 1 aromatic heterocycles. The molecule has 0 radical (unpaired) electrons. The molecule has 0 bridgehead atoms. The quantitative estimate of drug-likeness (QED) is 0.787. The number of halogens is 1. The molecule has 0 aliphatic carbocycles. The van der Waals surface area contributed by atoms with Crippen molar-refractivity contribution >= 4 is 29.3 Å². The van der Waals surface area contributed by atoms with E-state index in [1.165, 1.54) is 5.56 Å². The van der Waals surface area contributed by atoms with Crippen molar-refractivity contribution in [2.45, 2.75) is 12.8 Å². The van der Waals surface area contributed by atoms with E-state index in [-0.39, 0.29) is 18.1 Å². The van der Waals surface area contributed by atoms with Gasteiger partial charge >= 0.3 is 5.97 Å². The summed E-state index contributed by atoms with van der Waals surface area (Å²) in [6.07, 6.45) is 1.68. The normalized spacial score (nSPS) is 10.2. The Morgan fingerprint density at radius 3 is 2.36 bits per heavy atom. The molecule has 1 N–H and O–H groups in total. The Labute approximate surface area is 135 Å². The van der Waals surface area contributed by atoms with Gasteiger partial charge in [0, 0.05) is 5.39 Å². The average Bonchev–Trinajstić information content (AvgIpc) is 2.53. The smallest absolute Gasteiger partial charge is 0.354 e. The van der Waals surface area contributed by atoms with Crippen molar-refractivity contribution in [1.29, 1.82) is 0 Å². The van der Waals surface area contributed by atoms with Crippen molar-refractivity contribution < 1.29 is 9.90 Å². The maximum absolute atomic E-state index is 11.2. The number of para-hydroxylation sites is 1. The summed E-state index contributed by atoms with van der Waals surface area (Å²) in [4.78, 5) is 15.4. The zero-order chi connectivity index (χ0) is 14.7. The highest BCUT2D eigenvalue weighted by atomic mass is 35.5. The number of aromatic carboxylic acids is 1. The van der Waals surface area contributed by atoms with Crippen LogP contribution in [0.3, 0.4) is 0 Å². The molecule has 0 aliphatic rings. The minimum atomic E-state index is -0.985. The highest BCUT2D eigenvalue weighted by molar-refractivity contribution is 5.91. The Kier molecular flexibility index (Phi) is 5.12. The molecule has 0 fully saturated rings. The molecule has 0 atom stereocenters. The maximum atomic E-state index is 11.2. The highest BCUT2D eigenvalue weighted by Gasteiger charge is 2.10. The van der Waals surface area contributed by atoms with Crippen molar-refractivity contribution in [2.75, 3.05) is 0 Å². The van der Waals surface area contributed by atoms with Crippen LogP contribution in [0.5, 0.6) is 0 Å². The van der Waals surface area contributed by atoms with Crippen molar-refractivity contribution in [3.05, 3.63) is 77.5 Å². The predicted octanol–water partition coefficient (Wildman–Crippen LogP) is 4.14. The zero-order valence-corrected chi connectivity index (χ0v) is 12.7. The van der Waals surface area contributed by atoms with Crippen molar-refractivity contribution in [1.82, 2.24) is 4.98 Å². The van der Waals surface area contributed by atoms with Crippen LogP contribution < -0.4 is 0 Å². The molecular weight excluding hydrogens is 298 g/mol. The van der Waals surface area contributed by atoms with Gasteiger partial charge in [0.1, 0.15) is 5.69 Å². The summed E-state index contributed by atoms with van der Waals surface area (Å²) >= 11 is 0. The van der Waals surface area contributed by atoms with E-state index in [0.29, 0.717) is 0 Å². The summed E-state index contributed by atoms with van der Waals surface area (Å²) in [5.74, 6) is -0.985. The van der Waals surface area contributed by atoms with E-state index in [1.807, 2.05) is 42.5 Å². The Bertz CT molecular complexity index is 787. The fourth-order valence-corrected chi connectivity index (χ4v) is 2.49. The predicted molar refractivity (Wildman–Crippen MR) is 89.8 cm³/mol. The van der Waals surface area contributed by atoms with Gasteiger partial charge in [-0.2, -0.15) is 0 Å². The summed E-state index contributed by atoms with van der Waals surface area (Å²) in [5.41, 5.74) is 3.12. The number of carboxylic acid groups (broad SMARTS) is 1. The molecule has 0 spiro atoms. The van der Waals surface area contributed by atoms with E-state index < -0.39 is 5.97 Å². The van der Waals surface area contributed by atoms with E-state index in [4.69, 9.17) is 0 Å². The van der Waals surface area contributed by atoms with Gasteiger partial charge in [0.25, 0.3) is 0 Å². The highest BCUT2D eigenvalue weighted by Crippen LogP contribution is 2.20. The largest absolute Gasteiger partial charge is 0.477 e. The first-order chi connectivity index (χ1) is 10.2. The Morgan fingerprint density at radius 1 is 0.955 bits per heavy atom. The number of carbonyl (C=O) groups is 1. The molecule has 112 valence electrons. The maximum Gasteiger partial charge on any atom is 0.354 e. The van der Waals surface area contributed by atoms with Gasteiger partial charge in [0.05, 0.1) is 5.52 Å². The van der Waals surface area contributed by atoms with Crippen molar-refractivity contribution in [3.8, 4) is 0 Å². The van der Waals surface area contributed by atoms with Crippen LogP contribution in [-0.2, 0) is 12.8 Å². The van der Waals surface area contributed by atoms with Crippen LogP contribution in [0.1, 0.15) is 21.6 Å². The molecule has 4 heteroatoms. The third-order valence-corrected chi connectivity index (χ3v) is 3.55. The van der Waals surface area contributed by atoms with Crippen LogP contribution in [0.4, 0.5) is 0 Å². The SMILES string of the molecule is Cl.O=C(O)c1cc(CCc2ccccc2)c2ccccc2n1. The van der Waals surface area contributed by atoms with Crippen LogP contribution >= 0.6 is 12.4 Å². The van der Waals surface area contributed by atoms with Crippen molar-refractivity contribution in [2.24, 2.45) is 0 Å². The Hall–Kier alpha value is -2.39. The van der Waals surface area contributed by atoms with Crippen LogP contribution in [0.2, 0.25) is 0 Å². The number of carboxylic acids is 1. The number of nitrogens with zero attached hydrogens (tertiary/aromatic N) is 1. The van der Waals surface area contributed by atoms with Crippen LogP contribution in [0.25, 0.3) is 10.9 Å². The lowest BCUT2D eigenvalue weighted by atomic mass is 10.00. The number of benzene rings is 2. The number of rotatable bonds is 4. The molecule has 0 aliphatic heterocycles. The second kappa shape index (κ2) is 7.05. The molecule has 0 unspecified atom stereocenters. The summed E-state index contributed by atoms with van der Waals surface area (Å²) in [6.45, 7) is 0. The summed E-state index contributed by atoms with van der Waals surface area (Å²) < 4.78 is 0. The number of hydrogen-bond acceptors (Lipinski definition) is 2. The van der Waals surface area contributed by atoms with Gasteiger partial charge in [0.2, 0.25) is 0 Å². The van der Waals surface area contributed by atoms with Gasteiger partial charge < -0.3 is 5.11 Å². The lowest BCUT2D eigenvalue weighted by molar-refractivity contribution is 0.0691. The van der Waals surface area contributed by atoms with Crippen LogP contribution in [0.15, 0.2) is 60.7 Å². The third-order valence-electron chi connectivity index (χ3n) is 3.55. The minimum absolute atomic E-state index is 0. The van der Waals surface area contributed by atoms with Gasteiger partial charge in [-0.05, 0) is 36.1 Å². The molecule has 0 saturated carbocycles. The average molecular weight is 314 g/mol. The second-order valence-electron chi connectivity index (χ2n) is 4.97. The molecule has 0 amide bonds. The molecule has 0 saturated heterocycles. The van der Waals surface area contributed by atoms with Gasteiger partial charge in [0.15, 0.2) is 0 Å². The first-order valence-electron chi connectivity index (χ1n) is 6.90. The van der Waals surface area contributed by atoms with E-state index in [0.717, 1.165) is 29.3 Å². The Morgan fingerprint density at radius 2 is 1.64 bits per heavy atom. The number of pyridine rings is 1. The molecule has 22 heavy (non-hydrogen) atoms. The summed E-state index contributed by atoms with van der Waals surface area (Å²) in [6, 6.07) is 19.6. The molecule has 3 nitrogen and oxygen atoms in total. The third kappa shape index (κ3) is 3.43. The van der Waals surface area contributed by atoms with Crippen molar-refractivity contribution in [3.63, 3.8) is 0 Å². The Balaban J connectivity index is 0.00000176. The van der Waals surface area contributed by atoms with E-state index in [1.54, 1.807) is 6.07 Å². The van der Waals surface area contributed by atoms with Gasteiger partial charge in [-0.25, -0.2) is 9.78 Å². The fraction of sp³-hybridized carbons (Fsp3) is 0.111. The number of fused-ring (bicyclic) bond motifs is 1.